The van der Waals surface area contributed by atoms with Gasteiger partial charge in [0.05, 0.1) is 43.8 Å². The summed E-state index contributed by atoms with van der Waals surface area (Å²) in [6.07, 6.45) is -0.142. The van der Waals surface area contributed by atoms with Crippen molar-refractivity contribution >= 4 is 28.2 Å². The van der Waals surface area contributed by atoms with Crippen LogP contribution in [-0.2, 0) is 11.3 Å². The number of methoxy groups -OCH3 is 1. The van der Waals surface area contributed by atoms with Crippen molar-refractivity contribution in [3.8, 4) is 17.6 Å². The van der Waals surface area contributed by atoms with Gasteiger partial charge in [-0.05, 0) is 68.0 Å². The SMILES string of the molecule is COc1cc(C(N)=O)ccc1NCC#Cc1cc2c(NC3CCC(N4CC5(COC5)C4)CC3)cccc2n1CC(F)(F)F. The van der Waals surface area contributed by atoms with Crippen molar-refractivity contribution in [2.75, 3.05) is 50.6 Å². The first kappa shape index (κ1) is 29.2. The number of ether oxygens (including phenoxy) is 2. The molecule has 3 aliphatic rings. The first-order valence-corrected chi connectivity index (χ1v) is 14.6. The van der Waals surface area contributed by atoms with Crippen LogP contribution >= 0.6 is 0 Å². The lowest BCUT2D eigenvalue weighted by atomic mass is 9.75. The van der Waals surface area contributed by atoms with Gasteiger partial charge >= 0.3 is 6.18 Å². The van der Waals surface area contributed by atoms with Gasteiger partial charge in [0, 0.05) is 47.2 Å². The number of fused-ring (bicyclic) bond motifs is 1. The minimum atomic E-state index is -4.40. The zero-order chi connectivity index (χ0) is 30.2. The number of amides is 1. The molecular weight excluding hydrogens is 559 g/mol. The van der Waals surface area contributed by atoms with Gasteiger partial charge in [0.25, 0.3) is 0 Å². The van der Waals surface area contributed by atoms with Crippen molar-refractivity contribution in [2.45, 2.75) is 50.5 Å². The van der Waals surface area contributed by atoms with Gasteiger partial charge in [0.1, 0.15) is 12.3 Å². The fourth-order valence-corrected chi connectivity index (χ4v) is 6.58. The largest absolute Gasteiger partial charge is 0.495 e. The Balaban J connectivity index is 1.15. The number of carbonyl (C=O) groups is 1. The van der Waals surface area contributed by atoms with Gasteiger partial charge in [-0.25, -0.2) is 0 Å². The number of nitrogens with two attached hydrogens (primary N) is 1. The smallest absolute Gasteiger partial charge is 0.406 e. The zero-order valence-corrected chi connectivity index (χ0v) is 24.1. The van der Waals surface area contributed by atoms with E-state index < -0.39 is 18.6 Å². The monoisotopic (exact) mass is 595 g/mol. The Hall–Kier alpha value is -3.88. The Morgan fingerprint density at radius 1 is 1.12 bits per heavy atom. The van der Waals surface area contributed by atoms with Crippen molar-refractivity contribution in [3.63, 3.8) is 0 Å². The van der Waals surface area contributed by atoms with Crippen LogP contribution in [-0.4, -0.2) is 73.6 Å². The van der Waals surface area contributed by atoms with Crippen molar-refractivity contribution in [1.29, 1.82) is 0 Å². The summed E-state index contributed by atoms with van der Waals surface area (Å²) >= 11 is 0. The van der Waals surface area contributed by atoms with Crippen LogP contribution in [0.2, 0.25) is 0 Å². The Labute approximate surface area is 248 Å². The quantitative estimate of drug-likeness (QED) is 0.323. The van der Waals surface area contributed by atoms with E-state index >= 15 is 0 Å². The molecule has 2 saturated heterocycles. The molecule has 1 amide bonds. The predicted octanol–water partition coefficient (Wildman–Crippen LogP) is 4.83. The number of likely N-dealkylation sites (tertiary alicyclic amines) is 1. The van der Waals surface area contributed by atoms with Gasteiger partial charge < -0.3 is 30.4 Å². The van der Waals surface area contributed by atoms with Gasteiger partial charge in [0.2, 0.25) is 5.91 Å². The van der Waals surface area contributed by atoms with E-state index in [0.29, 0.717) is 34.0 Å². The molecule has 6 rings (SSSR count). The van der Waals surface area contributed by atoms with Gasteiger partial charge in [-0.3, -0.25) is 9.69 Å². The molecule has 1 saturated carbocycles. The molecule has 1 spiro atoms. The maximum absolute atomic E-state index is 13.6. The molecular formula is C32H36F3N5O3. The van der Waals surface area contributed by atoms with Gasteiger partial charge in [0.15, 0.2) is 0 Å². The van der Waals surface area contributed by atoms with E-state index in [1.807, 2.05) is 6.07 Å². The fraction of sp³-hybridized carbons (Fsp3) is 0.469. The normalized spacial score (nSPS) is 21.4. The molecule has 0 radical (unpaired) electrons. The molecule has 0 bridgehead atoms. The lowest BCUT2D eigenvalue weighted by molar-refractivity contribution is -0.200. The number of anilines is 2. The highest BCUT2D eigenvalue weighted by molar-refractivity contribution is 5.94. The summed E-state index contributed by atoms with van der Waals surface area (Å²) in [5, 5.41) is 7.46. The molecule has 1 aromatic heterocycles. The van der Waals surface area contributed by atoms with Crippen LogP contribution in [0.3, 0.4) is 0 Å². The predicted molar refractivity (Wildman–Crippen MR) is 159 cm³/mol. The van der Waals surface area contributed by atoms with Crippen molar-refractivity contribution in [3.05, 3.63) is 53.7 Å². The number of hydrogen-bond acceptors (Lipinski definition) is 6. The van der Waals surface area contributed by atoms with Crippen LogP contribution in [0, 0.1) is 17.3 Å². The number of halogens is 3. The molecule has 3 fully saturated rings. The van der Waals surface area contributed by atoms with E-state index in [1.165, 1.54) is 17.7 Å². The number of nitrogens with one attached hydrogen (secondary N) is 2. The van der Waals surface area contributed by atoms with E-state index in [2.05, 4.69) is 27.4 Å². The number of primary amides is 1. The third kappa shape index (κ3) is 6.26. The second-order valence-electron chi connectivity index (χ2n) is 12.0. The molecule has 3 heterocycles. The maximum Gasteiger partial charge on any atom is 0.406 e. The van der Waals surface area contributed by atoms with Gasteiger partial charge in [-0.1, -0.05) is 12.0 Å². The summed E-state index contributed by atoms with van der Waals surface area (Å²) in [6.45, 7) is 3.07. The standard InChI is InChI=1S/C32H36F3N5O3/c1-42-29-14-21(30(36)41)7-12-27(29)37-13-3-4-24-15-25-26(5-2-6-28(25)40(24)18-32(33,34)35)38-22-8-10-23(11-9-22)39-16-31(17-39)19-43-20-31/h2,5-7,12,14-15,22-23,37-38H,8-11,13,16-20H2,1H3,(H2,36,41). The number of aromatic nitrogens is 1. The molecule has 3 aromatic rings. The number of nitrogens with zero attached hydrogens (tertiary/aromatic N) is 2. The van der Waals surface area contributed by atoms with E-state index in [4.69, 9.17) is 15.2 Å². The second-order valence-corrected chi connectivity index (χ2v) is 12.0. The number of hydrogen-bond donors (Lipinski definition) is 3. The Morgan fingerprint density at radius 3 is 2.53 bits per heavy atom. The Bertz CT molecular complexity index is 1550. The highest BCUT2D eigenvalue weighted by atomic mass is 19.4. The van der Waals surface area contributed by atoms with Crippen LogP contribution in [0.15, 0.2) is 42.5 Å². The number of alkyl halides is 3. The lowest BCUT2D eigenvalue weighted by Gasteiger charge is -2.58. The molecule has 1 aliphatic carbocycles. The third-order valence-corrected chi connectivity index (χ3v) is 8.82. The molecule has 43 heavy (non-hydrogen) atoms. The first-order valence-electron chi connectivity index (χ1n) is 14.6. The Morgan fingerprint density at radius 2 is 1.88 bits per heavy atom. The van der Waals surface area contributed by atoms with Crippen LogP contribution < -0.4 is 21.1 Å². The average molecular weight is 596 g/mol. The molecule has 2 aromatic carbocycles. The summed E-state index contributed by atoms with van der Waals surface area (Å²) in [7, 11) is 1.47. The van der Waals surface area contributed by atoms with Crippen LogP contribution in [0.25, 0.3) is 10.9 Å². The molecule has 8 nitrogen and oxygen atoms in total. The van der Waals surface area contributed by atoms with E-state index in [0.717, 1.165) is 63.1 Å². The maximum atomic E-state index is 13.6. The van der Waals surface area contributed by atoms with E-state index in [-0.39, 0.29) is 18.3 Å². The second kappa shape index (κ2) is 11.7. The van der Waals surface area contributed by atoms with Crippen LogP contribution in [0.4, 0.5) is 24.5 Å². The molecule has 0 unspecified atom stereocenters. The molecule has 11 heteroatoms. The summed E-state index contributed by atoms with van der Waals surface area (Å²) < 4.78 is 52.9. The summed E-state index contributed by atoms with van der Waals surface area (Å²) in [5.41, 5.74) is 8.25. The number of benzene rings is 2. The third-order valence-electron chi connectivity index (χ3n) is 8.82. The molecule has 0 atom stereocenters. The lowest BCUT2D eigenvalue weighted by Crippen LogP contribution is -2.68. The van der Waals surface area contributed by atoms with E-state index in [9.17, 15) is 18.0 Å². The molecule has 2 aliphatic heterocycles. The summed E-state index contributed by atoms with van der Waals surface area (Å²) in [6, 6.07) is 12.8. The Kier molecular flexibility index (Phi) is 7.92. The van der Waals surface area contributed by atoms with Gasteiger partial charge in [-0.2, -0.15) is 13.2 Å². The van der Waals surface area contributed by atoms with E-state index in [1.54, 1.807) is 30.3 Å². The van der Waals surface area contributed by atoms with Crippen molar-refractivity contribution in [1.82, 2.24) is 9.47 Å². The first-order chi connectivity index (χ1) is 20.6. The van der Waals surface area contributed by atoms with Crippen molar-refractivity contribution in [2.24, 2.45) is 11.1 Å². The zero-order valence-electron chi connectivity index (χ0n) is 24.1. The van der Waals surface area contributed by atoms with Crippen LogP contribution in [0.5, 0.6) is 5.75 Å². The molecule has 228 valence electrons. The van der Waals surface area contributed by atoms with Crippen molar-refractivity contribution < 1.29 is 27.4 Å². The summed E-state index contributed by atoms with van der Waals surface area (Å²) in [4.78, 5) is 14.0. The minimum absolute atomic E-state index is 0.152. The highest BCUT2D eigenvalue weighted by Crippen LogP contribution is 2.41. The average Bonchev–Trinajstić information content (AvgIpc) is 3.27. The molecule has 4 N–H and O–H groups in total. The van der Waals surface area contributed by atoms with Gasteiger partial charge in [-0.15, -0.1) is 0 Å². The summed E-state index contributed by atoms with van der Waals surface area (Å²) in [5.74, 6) is 5.71. The minimum Gasteiger partial charge on any atom is -0.495 e. The highest BCUT2D eigenvalue weighted by Gasteiger charge is 2.50. The topological polar surface area (TPSA) is 93.8 Å². The fourth-order valence-electron chi connectivity index (χ4n) is 6.58. The number of rotatable bonds is 8. The number of carbonyl (C=O) groups excluding carboxylic acids is 1. The van der Waals surface area contributed by atoms with Crippen LogP contribution in [0.1, 0.15) is 41.7 Å².